The SMILES string of the molecule is CCOc1ccc(/C=C(/C#N)C(=O)Nc2ccccc2)cc1. The van der Waals surface area contributed by atoms with Crippen molar-refractivity contribution in [3.63, 3.8) is 0 Å². The van der Waals surface area contributed by atoms with Crippen LogP contribution in [-0.4, -0.2) is 12.5 Å². The van der Waals surface area contributed by atoms with Crippen molar-refractivity contribution in [2.75, 3.05) is 11.9 Å². The summed E-state index contributed by atoms with van der Waals surface area (Å²) in [7, 11) is 0. The number of carbonyl (C=O) groups excluding carboxylic acids is 1. The van der Waals surface area contributed by atoms with Crippen LogP contribution >= 0.6 is 0 Å². The Labute approximate surface area is 129 Å². The van der Waals surface area contributed by atoms with Crippen LogP contribution < -0.4 is 10.1 Å². The highest BCUT2D eigenvalue weighted by Gasteiger charge is 2.09. The van der Waals surface area contributed by atoms with Crippen LogP contribution in [0.15, 0.2) is 60.2 Å². The first-order chi connectivity index (χ1) is 10.7. The fourth-order valence-electron chi connectivity index (χ4n) is 1.86. The Morgan fingerprint density at radius 3 is 2.45 bits per heavy atom. The van der Waals surface area contributed by atoms with E-state index in [1.165, 1.54) is 0 Å². The van der Waals surface area contributed by atoms with Gasteiger partial charge in [-0.25, -0.2) is 0 Å². The van der Waals surface area contributed by atoms with E-state index in [9.17, 15) is 10.1 Å². The van der Waals surface area contributed by atoms with Gasteiger partial charge in [-0.1, -0.05) is 30.3 Å². The van der Waals surface area contributed by atoms with Crippen LogP contribution in [0.2, 0.25) is 0 Å². The topological polar surface area (TPSA) is 62.1 Å². The third-order valence-corrected chi connectivity index (χ3v) is 2.90. The second-order valence-corrected chi connectivity index (χ2v) is 4.49. The summed E-state index contributed by atoms with van der Waals surface area (Å²) in [6.07, 6.45) is 1.55. The first-order valence-electron chi connectivity index (χ1n) is 6.94. The standard InChI is InChI=1S/C18H16N2O2/c1-2-22-17-10-8-14(9-11-17)12-15(13-19)18(21)20-16-6-4-3-5-7-16/h3-12H,2H2,1H3,(H,20,21)/b15-12-. The molecule has 2 aromatic rings. The van der Waals surface area contributed by atoms with E-state index in [1.807, 2.05) is 31.2 Å². The molecule has 1 N–H and O–H groups in total. The molecule has 0 aliphatic carbocycles. The third-order valence-electron chi connectivity index (χ3n) is 2.90. The number of nitrogens with one attached hydrogen (secondary N) is 1. The summed E-state index contributed by atoms with van der Waals surface area (Å²) in [5.74, 6) is 0.328. The van der Waals surface area contributed by atoms with E-state index in [4.69, 9.17) is 4.74 Å². The molecule has 0 aliphatic rings. The predicted molar refractivity (Wildman–Crippen MR) is 86.3 cm³/mol. The van der Waals surface area contributed by atoms with E-state index in [2.05, 4.69) is 5.32 Å². The molecule has 4 heteroatoms. The number of hydrogen-bond acceptors (Lipinski definition) is 3. The largest absolute Gasteiger partial charge is 0.494 e. The van der Waals surface area contributed by atoms with Crippen LogP contribution in [0.4, 0.5) is 5.69 Å². The Balaban J connectivity index is 2.13. The Morgan fingerprint density at radius 2 is 1.86 bits per heavy atom. The van der Waals surface area contributed by atoms with Crippen LogP contribution in [0, 0.1) is 11.3 Å². The van der Waals surface area contributed by atoms with E-state index in [1.54, 1.807) is 42.5 Å². The van der Waals surface area contributed by atoms with E-state index in [0.717, 1.165) is 11.3 Å². The van der Waals surface area contributed by atoms with Gasteiger partial charge in [-0.15, -0.1) is 0 Å². The van der Waals surface area contributed by atoms with E-state index in [-0.39, 0.29) is 5.57 Å². The number of rotatable bonds is 5. The predicted octanol–water partition coefficient (Wildman–Crippen LogP) is 3.63. The Kier molecular flexibility index (Phi) is 5.33. The molecule has 0 bridgehead atoms. The van der Waals surface area contributed by atoms with E-state index < -0.39 is 5.91 Å². The molecule has 0 unspecified atom stereocenters. The van der Waals surface area contributed by atoms with Crippen molar-refractivity contribution in [3.8, 4) is 11.8 Å². The number of benzene rings is 2. The summed E-state index contributed by atoms with van der Waals surface area (Å²) in [6, 6.07) is 18.2. The molecule has 22 heavy (non-hydrogen) atoms. The van der Waals surface area contributed by atoms with Crippen LogP contribution in [0.5, 0.6) is 5.75 Å². The molecule has 2 aromatic carbocycles. The molecule has 1 amide bonds. The summed E-state index contributed by atoms with van der Waals surface area (Å²) < 4.78 is 5.35. The molecule has 0 heterocycles. The lowest BCUT2D eigenvalue weighted by atomic mass is 10.1. The van der Waals surface area contributed by atoms with Crippen molar-refractivity contribution in [3.05, 3.63) is 65.7 Å². The lowest BCUT2D eigenvalue weighted by Gasteiger charge is -2.05. The highest BCUT2D eigenvalue weighted by molar-refractivity contribution is 6.09. The molecule has 2 rings (SSSR count). The lowest BCUT2D eigenvalue weighted by Crippen LogP contribution is -2.13. The van der Waals surface area contributed by atoms with Crippen LogP contribution in [0.25, 0.3) is 6.08 Å². The first-order valence-corrected chi connectivity index (χ1v) is 6.94. The van der Waals surface area contributed by atoms with Crippen molar-refractivity contribution in [2.45, 2.75) is 6.92 Å². The van der Waals surface area contributed by atoms with Gasteiger partial charge in [0.2, 0.25) is 0 Å². The highest BCUT2D eigenvalue weighted by Crippen LogP contribution is 2.15. The van der Waals surface area contributed by atoms with Gasteiger partial charge in [0.05, 0.1) is 6.61 Å². The van der Waals surface area contributed by atoms with Crippen molar-refractivity contribution < 1.29 is 9.53 Å². The second kappa shape index (κ2) is 7.65. The van der Waals surface area contributed by atoms with Gasteiger partial charge in [-0.2, -0.15) is 5.26 Å². The molecule has 0 radical (unpaired) electrons. The average Bonchev–Trinajstić information content (AvgIpc) is 2.55. The van der Waals surface area contributed by atoms with Gasteiger partial charge in [0, 0.05) is 5.69 Å². The van der Waals surface area contributed by atoms with Gasteiger partial charge in [0.1, 0.15) is 17.4 Å². The second-order valence-electron chi connectivity index (χ2n) is 4.49. The lowest BCUT2D eigenvalue weighted by molar-refractivity contribution is -0.112. The maximum atomic E-state index is 12.1. The van der Waals surface area contributed by atoms with Crippen LogP contribution in [-0.2, 0) is 4.79 Å². The average molecular weight is 292 g/mol. The van der Waals surface area contributed by atoms with Crippen LogP contribution in [0.1, 0.15) is 12.5 Å². The molecule has 0 spiro atoms. The summed E-state index contributed by atoms with van der Waals surface area (Å²) in [4.78, 5) is 12.1. The first kappa shape index (κ1) is 15.3. The third kappa shape index (κ3) is 4.22. The Morgan fingerprint density at radius 1 is 1.18 bits per heavy atom. The number of carbonyl (C=O) groups is 1. The number of amides is 1. The molecule has 0 saturated heterocycles. The summed E-state index contributed by atoms with van der Waals surface area (Å²) in [5.41, 5.74) is 1.47. The zero-order valence-corrected chi connectivity index (χ0v) is 12.2. The maximum Gasteiger partial charge on any atom is 0.266 e. The van der Waals surface area contributed by atoms with Gasteiger partial charge in [-0.05, 0) is 42.8 Å². The number of anilines is 1. The Hall–Kier alpha value is -3.06. The van der Waals surface area contributed by atoms with Gasteiger partial charge in [0.15, 0.2) is 0 Å². The van der Waals surface area contributed by atoms with E-state index in [0.29, 0.717) is 12.3 Å². The molecule has 0 saturated carbocycles. The number of hydrogen-bond donors (Lipinski definition) is 1. The van der Waals surface area contributed by atoms with Gasteiger partial charge < -0.3 is 10.1 Å². The minimum atomic E-state index is -0.428. The number of para-hydroxylation sites is 1. The monoisotopic (exact) mass is 292 g/mol. The normalized spacial score (nSPS) is 10.6. The van der Waals surface area contributed by atoms with Crippen molar-refractivity contribution in [1.29, 1.82) is 5.26 Å². The zero-order chi connectivity index (χ0) is 15.8. The summed E-state index contributed by atoms with van der Waals surface area (Å²) in [6.45, 7) is 2.51. The molecule has 0 aliphatic heterocycles. The fraction of sp³-hybridized carbons (Fsp3) is 0.111. The number of ether oxygens (including phenoxy) is 1. The molecular formula is C18H16N2O2. The molecule has 0 atom stereocenters. The van der Waals surface area contributed by atoms with Gasteiger partial charge >= 0.3 is 0 Å². The quantitative estimate of drug-likeness (QED) is 0.676. The molecule has 0 fully saturated rings. The summed E-state index contributed by atoms with van der Waals surface area (Å²) >= 11 is 0. The highest BCUT2D eigenvalue weighted by atomic mass is 16.5. The van der Waals surface area contributed by atoms with Gasteiger partial charge in [-0.3, -0.25) is 4.79 Å². The van der Waals surface area contributed by atoms with Crippen molar-refractivity contribution >= 4 is 17.7 Å². The van der Waals surface area contributed by atoms with Crippen molar-refractivity contribution in [2.24, 2.45) is 0 Å². The zero-order valence-electron chi connectivity index (χ0n) is 12.2. The Bertz CT molecular complexity index is 698. The molecule has 110 valence electrons. The smallest absolute Gasteiger partial charge is 0.266 e. The molecular weight excluding hydrogens is 276 g/mol. The maximum absolute atomic E-state index is 12.1. The summed E-state index contributed by atoms with van der Waals surface area (Å²) in [5, 5.41) is 11.9. The molecule has 4 nitrogen and oxygen atoms in total. The number of nitrogens with zero attached hydrogens (tertiary/aromatic N) is 1. The van der Waals surface area contributed by atoms with Crippen LogP contribution in [0.3, 0.4) is 0 Å². The minimum absolute atomic E-state index is 0.0491. The van der Waals surface area contributed by atoms with Gasteiger partial charge in [0.25, 0.3) is 5.91 Å². The number of nitriles is 1. The van der Waals surface area contributed by atoms with E-state index >= 15 is 0 Å². The minimum Gasteiger partial charge on any atom is -0.494 e. The fourth-order valence-corrected chi connectivity index (χ4v) is 1.86. The van der Waals surface area contributed by atoms with Crippen molar-refractivity contribution in [1.82, 2.24) is 0 Å². The molecule has 0 aromatic heterocycles.